The monoisotopic (exact) mass is 486 g/mol. The molecule has 3 aromatic rings. The van der Waals surface area contributed by atoms with Crippen molar-refractivity contribution in [3.63, 3.8) is 0 Å². The van der Waals surface area contributed by atoms with E-state index in [0.717, 1.165) is 9.87 Å². The Labute approximate surface area is 200 Å². The predicted molar refractivity (Wildman–Crippen MR) is 133 cm³/mol. The lowest BCUT2D eigenvalue weighted by Crippen LogP contribution is -2.38. The SMILES string of the molecule is CCOc1ccccc1N(CC(=O)Nc1ccc(C(C)C)cc1)S(=O)(=O)c1ccc(Cl)cc1. The molecule has 6 nitrogen and oxygen atoms in total. The molecule has 0 unspecified atom stereocenters. The molecule has 0 aromatic heterocycles. The third-order valence-electron chi connectivity index (χ3n) is 4.98. The summed E-state index contributed by atoms with van der Waals surface area (Å²) in [6, 6.07) is 20.0. The number of para-hydroxylation sites is 2. The summed E-state index contributed by atoms with van der Waals surface area (Å²) in [5, 5.41) is 3.20. The van der Waals surface area contributed by atoms with Crippen molar-refractivity contribution in [3.8, 4) is 5.75 Å². The van der Waals surface area contributed by atoms with Crippen LogP contribution in [-0.2, 0) is 14.8 Å². The fraction of sp³-hybridized carbons (Fsp3) is 0.240. The third kappa shape index (κ3) is 6.06. The molecule has 0 bridgehead atoms. The number of nitrogens with zero attached hydrogens (tertiary/aromatic N) is 1. The molecule has 174 valence electrons. The maximum Gasteiger partial charge on any atom is 0.264 e. The fourth-order valence-corrected chi connectivity index (χ4v) is 4.81. The van der Waals surface area contributed by atoms with Gasteiger partial charge in [0.25, 0.3) is 10.0 Å². The zero-order valence-corrected chi connectivity index (χ0v) is 20.4. The standard InChI is InChI=1S/C25H27ClN2O4S/c1-4-32-24-8-6-5-7-23(24)28(33(30,31)22-15-11-20(26)12-16-22)17-25(29)27-21-13-9-19(10-14-21)18(2)3/h5-16,18H,4,17H2,1-3H3,(H,27,29). The second kappa shape index (κ2) is 10.7. The van der Waals surface area contributed by atoms with E-state index in [1.54, 1.807) is 36.4 Å². The predicted octanol–water partition coefficient (Wildman–Crippen LogP) is 5.70. The molecule has 0 saturated carbocycles. The average molecular weight is 487 g/mol. The summed E-state index contributed by atoms with van der Waals surface area (Å²) in [6.07, 6.45) is 0. The minimum Gasteiger partial charge on any atom is -0.492 e. The van der Waals surface area contributed by atoms with E-state index in [4.69, 9.17) is 16.3 Å². The Balaban J connectivity index is 1.95. The molecular weight excluding hydrogens is 460 g/mol. The van der Waals surface area contributed by atoms with E-state index in [9.17, 15) is 13.2 Å². The quantitative estimate of drug-likeness (QED) is 0.421. The number of benzene rings is 3. The molecule has 0 aliphatic heterocycles. The molecule has 0 saturated heterocycles. The number of anilines is 2. The minimum absolute atomic E-state index is 0.0206. The third-order valence-corrected chi connectivity index (χ3v) is 7.01. The normalized spacial score (nSPS) is 11.3. The van der Waals surface area contributed by atoms with E-state index in [2.05, 4.69) is 19.2 Å². The van der Waals surface area contributed by atoms with Crippen molar-refractivity contribution in [2.45, 2.75) is 31.6 Å². The Morgan fingerprint density at radius 2 is 1.64 bits per heavy atom. The molecule has 0 aliphatic rings. The van der Waals surface area contributed by atoms with Gasteiger partial charge in [0, 0.05) is 10.7 Å². The van der Waals surface area contributed by atoms with Gasteiger partial charge in [0.2, 0.25) is 5.91 Å². The van der Waals surface area contributed by atoms with E-state index in [1.165, 1.54) is 24.3 Å². The van der Waals surface area contributed by atoms with Crippen LogP contribution in [0.3, 0.4) is 0 Å². The molecule has 33 heavy (non-hydrogen) atoms. The summed E-state index contributed by atoms with van der Waals surface area (Å²) in [4.78, 5) is 13.0. The van der Waals surface area contributed by atoms with Gasteiger partial charge in [0.05, 0.1) is 17.2 Å². The lowest BCUT2D eigenvalue weighted by Gasteiger charge is -2.26. The number of hydrogen-bond donors (Lipinski definition) is 1. The topological polar surface area (TPSA) is 75.7 Å². The highest BCUT2D eigenvalue weighted by Gasteiger charge is 2.29. The van der Waals surface area contributed by atoms with Gasteiger partial charge in [-0.3, -0.25) is 9.10 Å². The Bertz CT molecular complexity index is 1190. The maximum absolute atomic E-state index is 13.6. The first-order valence-corrected chi connectivity index (χ1v) is 12.4. The molecule has 8 heteroatoms. The van der Waals surface area contributed by atoms with Crippen LogP contribution in [0.4, 0.5) is 11.4 Å². The van der Waals surface area contributed by atoms with Gasteiger partial charge in [-0.2, -0.15) is 0 Å². The van der Waals surface area contributed by atoms with E-state index in [1.807, 2.05) is 19.1 Å². The first kappa shape index (κ1) is 24.6. The molecule has 3 aromatic carbocycles. The summed E-state index contributed by atoms with van der Waals surface area (Å²) in [5.41, 5.74) is 2.01. The smallest absolute Gasteiger partial charge is 0.264 e. The van der Waals surface area contributed by atoms with Crippen molar-refractivity contribution in [3.05, 3.63) is 83.4 Å². The summed E-state index contributed by atoms with van der Waals surface area (Å²) in [6.45, 7) is 5.90. The summed E-state index contributed by atoms with van der Waals surface area (Å²) < 4.78 is 33.8. The molecule has 1 N–H and O–H groups in total. The highest BCUT2D eigenvalue weighted by molar-refractivity contribution is 7.92. The number of halogens is 1. The van der Waals surface area contributed by atoms with Crippen LogP contribution in [0.5, 0.6) is 5.75 Å². The molecule has 3 rings (SSSR count). The van der Waals surface area contributed by atoms with Crippen molar-refractivity contribution in [2.75, 3.05) is 22.8 Å². The first-order valence-electron chi connectivity index (χ1n) is 10.6. The summed E-state index contributed by atoms with van der Waals surface area (Å²) in [7, 11) is -4.08. The van der Waals surface area contributed by atoms with Crippen LogP contribution in [0.2, 0.25) is 5.02 Å². The van der Waals surface area contributed by atoms with Crippen LogP contribution in [0.1, 0.15) is 32.3 Å². The Morgan fingerprint density at radius 1 is 1.00 bits per heavy atom. The van der Waals surface area contributed by atoms with Crippen molar-refractivity contribution < 1.29 is 17.9 Å². The van der Waals surface area contributed by atoms with Gasteiger partial charge >= 0.3 is 0 Å². The zero-order chi connectivity index (χ0) is 24.0. The first-order chi connectivity index (χ1) is 15.7. The van der Waals surface area contributed by atoms with Gasteiger partial charge in [-0.15, -0.1) is 0 Å². The van der Waals surface area contributed by atoms with Crippen molar-refractivity contribution in [1.82, 2.24) is 0 Å². The van der Waals surface area contributed by atoms with Crippen molar-refractivity contribution in [1.29, 1.82) is 0 Å². The van der Waals surface area contributed by atoms with Crippen LogP contribution < -0.4 is 14.4 Å². The van der Waals surface area contributed by atoms with E-state index in [0.29, 0.717) is 29.0 Å². The molecule has 0 radical (unpaired) electrons. The molecule has 1 amide bonds. The van der Waals surface area contributed by atoms with E-state index < -0.39 is 22.5 Å². The highest BCUT2D eigenvalue weighted by Crippen LogP contribution is 2.33. The minimum atomic E-state index is -4.08. The van der Waals surface area contributed by atoms with Crippen LogP contribution >= 0.6 is 11.6 Å². The van der Waals surface area contributed by atoms with Gasteiger partial charge < -0.3 is 10.1 Å². The highest BCUT2D eigenvalue weighted by atomic mass is 35.5. The van der Waals surface area contributed by atoms with Crippen LogP contribution in [0, 0.1) is 0 Å². The zero-order valence-electron chi connectivity index (χ0n) is 18.8. The number of carbonyl (C=O) groups excluding carboxylic acids is 1. The van der Waals surface area contributed by atoms with Gasteiger partial charge in [0.15, 0.2) is 0 Å². The summed E-state index contributed by atoms with van der Waals surface area (Å²) >= 11 is 5.94. The second-order valence-corrected chi connectivity index (χ2v) is 9.99. The second-order valence-electron chi connectivity index (χ2n) is 7.69. The Kier molecular flexibility index (Phi) is 8.00. The van der Waals surface area contributed by atoms with Crippen molar-refractivity contribution in [2.24, 2.45) is 0 Å². The van der Waals surface area contributed by atoms with Crippen LogP contribution in [0.25, 0.3) is 0 Å². The maximum atomic E-state index is 13.6. The molecule has 0 aliphatic carbocycles. The number of rotatable bonds is 9. The lowest BCUT2D eigenvalue weighted by atomic mass is 10.0. The Morgan fingerprint density at radius 3 is 2.24 bits per heavy atom. The molecule has 0 atom stereocenters. The van der Waals surface area contributed by atoms with Crippen LogP contribution in [0.15, 0.2) is 77.7 Å². The Hall–Kier alpha value is -3.03. The number of amides is 1. The number of ether oxygens (including phenoxy) is 1. The van der Waals surface area contributed by atoms with E-state index >= 15 is 0 Å². The molecule has 0 heterocycles. The number of hydrogen-bond acceptors (Lipinski definition) is 4. The largest absolute Gasteiger partial charge is 0.492 e. The van der Waals surface area contributed by atoms with E-state index in [-0.39, 0.29) is 10.6 Å². The van der Waals surface area contributed by atoms with Gasteiger partial charge in [-0.1, -0.05) is 49.7 Å². The van der Waals surface area contributed by atoms with Gasteiger partial charge in [-0.25, -0.2) is 8.42 Å². The van der Waals surface area contributed by atoms with Crippen molar-refractivity contribution >= 4 is 38.9 Å². The number of sulfonamides is 1. The van der Waals surface area contributed by atoms with Gasteiger partial charge in [-0.05, 0) is 66.9 Å². The molecule has 0 spiro atoms. The van der Waals surface area contributed by atoms with Gasteiger partial charge in [0.1, 0.15) is 12.3 Å². The molecule has 0 fully saturated rings. The number of nitrogens with one attached hydrogen (secondary N) is 1. The fourth-order valence-electron chi connectivity index (χ4n) is 3.26. The number of carbonyl (C=O) groups is 1. The van der Waals surface area contributed by atoms with Crippen LogP contribution in [-0.4, -0.2) is 27.5 Å². The molecular formula is C25H27ClN2O4S. The lowest BCUT2D eigenvalue weighted by molar-refractivity contribution is -0.114. The average Bonchev–Trinajstić information content (AvgIpc) is 2.79. The summed E-state index contributed by atoms with van der Waals surface area (Å²) in [5.74, 6) is 0.257.